The van der Waals surface area contributed by atoms with E-state index in [9.17, 15) is 9.59 Å². The number of fused-ring (bicyclic) bond motifs is 1. The summed E-state index contributed by atoms with van der Waals surface area (Å²) in [6, 6.07) is 0. The highest BCUT2D eigenvalue weighted by atomic mass is 16.5. The summed E-state index contributed by atoms with van der Waals surface area (Å²) >= 11 is 0. The van der Waals surface area contributed by atoms with Gasteiger partial charge in [0.05, 0.1) is 18.9 Å². The van der Waals surface area contributed by atoms with Crippen LogP contribution in [0.5, 0.6) is 0 Å². The monoisotopic (exact) mass is 305 g/mol. The summed E-state index contributed by atoms with van der Waals surface area (Å²) < 4.78 is 6.71. The lowest BCUT2D eigenvalue weighted by molar-refractivity contribution is -0.148. The van der Waals surface area contributed by atoms with E-state index in [1.807, 2.05) is 11.8 Å². The number of hydrogen-bond donors (Lipinski definition) is 1. The van der Waals surface area contributed by atoms with Gasteiger partial charge in [0.25, 0.3) is 5.56 Å². The smallest absolute Gasteiger partial charge is 0.309 e. The molecular weight excluding hydrogens is 286 g/mol. The van der Waals surface area contributed by atoms with Crippen LogP contribution in [-0.4, -0.2) is 45.2 Å². The zero-order chi connectivity index (χ0) is 15.7. The van der Waals surface area contributed by atoms with Crippen molar-refractivity contribution in [2.24, 2.45) is 13.0 Å². The maximum Gasteiger partial charge on any atom is 0.309 e. The van der Waals surface area contributed by atoms with Gasteiger partial charge in [0.15, 0.2) is 11.2 Å². The maximum absolute atomic E-state index is 12.1. The van der Waals surface area contributed by atoms with Crippen LogP contribution in [0.25, 0.3) is 11.2 Å². The summed E-state index contributed by atoms with van der Waals surface area (Å²) in [6.45, 7) is 3.53. The standard InChI is InChI=1S/C14H19N5O3/c1-3-22-13(21)9-4-6-19(7-5-9)14-16-11-10(12(20)17-14)18(2)8-15-11/h8-9H,3-7H2,1-2H3,(H,16,17,20). The Morgan fingerprint density at radius 3 is 2.86 bits per heavy atom. The molecule has 0 aromatic carbocycles. The quantitative estimate of drug-likeness (QED) is 0.827. The molecule has 3 rings (SSSR count). The number of carbonyl (C=O) groups is 1. The van der Waals surface area contributed by atoms with E-state index < -0.39 is 0 Å². The summed E-state index contributed by atoms with van der Waals surface area (Å²) in [7, 11) is 1.76. The van der Waals surface area contributed by atoms with Gasteiger partial charge in [0.2, 0.25) is 5.95 Å². The first-order chi connectivity index (χ1) is 10.6. The van der Waals surface area contributed by atoms with Gasteiger partial charge in [-0.05, 0) is 19.8 Å². The van der Waals surface area contributed by atoms with Crippen molar-refractivity contribution in [3.05, 3.63) is 16.7 Å². The highest BCUT2D eigenvalue weighted by Crippen LogP contribution is 2.21. The summed E-state index contributed by atoms with van der Waals surface area (Å²) in [5.74, 6) is 0.309. The zero-order valence-electron chi connectivity index (χ0n) is 12.7. The van der Waals surface area contributed by atoms with Crippen LogP contribution < -0.4 is 10.5 Å². The Kier molecular flexibility index (Phi) is 3.82. The normalized spacial score (nSPS) is 16.2. The van der Waals surface area contributed by atoms with Gasteiger partial charge in [-0.25, -0.2) is 4.98 Å². The number of aromatic amines is 1. The number of piperidine rings is 1. The number of carbonyl (C=O) groups excluding carboxylic acids is 1. The van der Waals surface area contributed by atoms with Gasteiger partial charge in [-0.2, -0.15) is 4.98 Å². The molecule has 2 aromatic rings. The van der Waals surface area contributed by atoms with E-state index in [2.05, 4.69) is 15.0 Å². The Morgan fingerprint density at radius 2 is 2.18 bits per heavy atom. The van der Waals surface area contributed by atoms with Gasteiger partial charge >= 0.3 is 5.97 Å². The van der Waals surface area contributed by atoms with E-state index in [0.717, 1.165) is 0 Å². The average Bonchev–Trinajstić information content (AvgIpc) is 2.89. The highest BCUT2D eigenvalue weighted by Gasteiger charge is 2.27. The fourth-order valence-corrected chi connectivity index (χ4v) is 2.79. The van der Waals surface area contributed by atoms with E-state index in [1.54, 1.807) is 17.9 Å². The first-order valence-electron chi connectivity index (χ1n) is 7.43. The van der Waals surface area contributed by atoms with Gasteiger partial charge in [0.1, 0.15) is 0 Å². The van der Waals surface area contributed by atoms with E-state index >= 15 is 0 Å². The van der Waals surface area contributed by atoms with Crippen molar-refractivity contribution >= 4 is 23.1 Å². The topological polar surface area (TPSA) is 93.1 Å². The minimum atomic E-state index is -0.201. The number of anilines is 1. The second-order valence-corrected chi connectivity index (χ2v) is 5.43. The van der Waals surface area contributed by atoms with Crippen LogP contribution in [0.1, 0.15) is 19.8 Å². The number of esters is 1. The number of rotatable bonds is 3. The molecule has 0 unspecified atom stereocenters. The van der Waals surface area contributed by atoms with Gasteiger partial charge in [-0.3, -0.25) is 14.6 Å². The molecule has 1 saturated heterocycles. The van der Waals surface area contributed by atoms with Crippen LogP contribution >= 0.6 is 0 Å². The Balaban J connectivity index is 1.76. The number of ether oxygens (including phenoxy) is 1. The molecule has 1 fully saturated rings. The molecule has 1 aliphatic heterocycles. The molecule has 0 atom stereocenters. The summed E-state index contributed by atoms with van der Waals surface area (Å²) in [6.07, 6.45) is 2.97. The maximum atomic E-state index is 12.1. The summed E-state index contributed by atoms with van der Waals surface area (Å²) in [5.41, 5.74) is 0.700. The lowest BCUT2D eigenvalue weighted by Gasteiger charge is -2.31. The Labute approximate surface area is 127 Å². The number of imidazole rings is 1. The van der Waals surface area contributed by atoms with Gasteiger partial charge in [-0.15, -0.1) is 0 Å². The van der Waals surface area contributed by atoms with Crippen molar-refractivity contribution < 1.29 is 9.53 Å². The lowest BCUT2D eigenvalue weighted by Crippen LogP contribution is -2.38. The number of nitrogens with one attached hydrogen (secondary N) is 1. The molecule has 118 valence electrons. The number of H-pyrrole nitrogens is 1. The number of aromatic nitrogens is 4. The Hall–Kier alpha value is -2.38. The molecule has 0 spiro atoms. The van der Waals surface area contributed by atoms with E-state index in [4.69, 9.17) is 4.74 Å². The van der Waals surface area contributed by atoms with Crippen LogP contribution in [-0.2, 0) is 16.6 Å². The third-order valence-electron chi connectivity index (χ3n) is 3.98. The first kappa shape index (κ1) is 14.6. The second-order valence-electron chi connectivity index (χ2n) is 5.43. The molecule has 0 aliphatic carbocycles. The summed E-state index contributed by atoms with van der Waals surface area (Å²) in [4.78, 5) is 37.2. The van der Waals surface area contributed by atoms with Crippen molar-refractivity contribution in [1.82, 2.24) is 19.5 Å². The average molecular weight is 305 g/mol. The molecule has 8 nitrogen and oxygen atoms in total. The van der Waals surface area contributed by atoms with Crippen molar-refractivity contribution in [1.29, 1.82) is 0 Å². The van der Waals surface area contributed by atoms with Crippen molar-refractivity contribution in [3.63, 3.8) is 0 Å². The minimum absolute atomic E-state index is 0.0681. The largest absolute Gasteiger partial charge is 0.466 e. The van der Waals surface area contributed by atoms with E-state index in [0.29, 0.717) is 49.7 Å². The Bertz CT molecular complexity index is 743. The van der Waals surface area contributed by atoms with Crippen LogP contribution in [0.3, 0.4) is 0 Å². The van der Waals surface area contributed by atoms with E-state index in [-0.39, 0.29) is 17.4 Å². The molecule has 1 N–H and O–H groups in total. The summed E-state index contributed by atoms with van der Waals surface area (Å²) in [5, 5.41) is 0. The third-order valence-corrected chi connectivity index (χ3v) is 3.98. The third kappa shape index (κ3) is 2.56. The molecule has 0 amide bonds. The second kappa shape index (κ2) is 5.78. The van der Waals surface area contributed by atoms with Gasteiger partial charge in [-0.1, -0.05) is 0 Å². The molecule has 1 aliphatic rings. The van der Waals surface area contributed by atoms with Crippen LogP contribution in [0.4, 0.5) is 5.95 Å². The predicted molar refractivity (Wildman–Crippen MR) is 80.7 cm³/mol. The van der Waals surface area contributed by atoms with Crippen LogP contribution in [0.2, 0.25) is 0 Å². The molecule has 0 bridgehead atoms. The van der Waals surface area contributed by atoms with Gasteiger partial charge in [0, 0.05) is 20.1 Å². The number of nitrogens with zero attached hydrogens (tertiary/aromatic N) is 4. The number of aryl methyl sites for hydroxylation is 1. The fourth-order valence-electron chi connectivity index (χ4n) is 2.79. The van der Waals surface area contributed by atoms with Crippen LogP contribution in [0, 0.1) is 5.92 Å². The van der Waals surface area contributed by atoms with Crippen molar-refractivity contribution in [3.8, 4) is 0 Å². The molecule has 8 heteroatoms. The SMILES string of the molecule is CCOC(=O)C1CCN(c2nc3ncn(C)c3c(=O)[nH]2)CC1. The fraction of sp³-hybridized carbons (Fsp3) is 0.571. The molecule has 3 heterocycles. The highest BCUT2D eigenvalue weighted by molar-refractivity contribution is 5.73. The van der Waals surface area contributed by atoms with Crippen molar-refractivity contribution in [2.45, 2.75) is 19.8 Å². The molecule has 0 radical (unpaired) electrons. The van der Waals surface area contributed by atoms with Crippen LogP contribution in [0.15, 0.2) is 11.1 Å². The lowest BCUT2D eigenvalue weighted by atomic mass is 9.97. The van der Waals surface area contributed by atoms with E-state index in [1.165, 1.54) is 0 Å². The minimum Gasteiger partial charge on any atom is -0.466 e. The van der Waals surface area contributed by atoms with Crippen molar-refractivity contribution in [2.75, 3.05) is 24.6 Å². The number of hydrogen-bond acceptors (Lipinski definition) is 6. The first-order valence-corrected chi connectivity index (χ1v) is 7.43. The molecular formula is C14H19N5O3. The zero-order valence-corrected chi connectivity index (χ0v) is 12.7. The van der Waals surface area contributed by atoms with Gasteiger partial charge < -0.3 is 14.2 Å². The predicted octanol–water partition coefficient (Wildman–Crippen LogP) is 0.436. The molecule has 22 heavy (non-hydrogen) atoms. The molecule has 0 saturated carbocycles. The Morgan fingerprint density at radius 1 is 1.45 bits per heavy atom. The molecule has 2 aromatic heterocycles.